The highest BCUT2D eigenvalue weighted by Crippen LogP contribution is 2.32. The minimum Gasteiger partial charge on any atom is -0.487 e. The van der Waals surface area contributed by atoms with Crippen LogP contribution < -0.4 is 15.8 Å². The van der Waals surface area contributed by atoms with Gasteiger partial charge in [0.05, 0.1) is 21.5 Å². The predicted octanol–water partition coefficient (Wildman–Crippen LogP) is 1.73. The molecule has 21 heavy (non-hydrogen) atoms. The smallest absolute Gasteiger partial charge is 0.312 e. The summed E-state index contributed by atoms with van der Waals surface area (Å²) in [5.41, 5.74) is 3.87. The van der Waals surface area contributed by atoms with Crippen LogP contribution in [0, 0.1) is 15.9 Å². The van der Waals surface area contributed by atoms with E-state index in [1.54, 1.807) is 14.0 Å². The van der Waals surface area contributed by atoms with Crippen LogP contribution in [0.4, 0.5) is 10.1 Å². The second-order valence-electron chi connectivity index (χ2n) is 4.54. The Labute approximate surface area is 128 Å². The first kappa shape index (κ1) is 17.3. The number of amides is 1. The number of rotatable bonds is 7. The molecule has 0 saturated carbocycles. The lowest BCUT2D eigenvalue weighted by Crippen LogP contribution is -2.52. The molecule has 0 saturated heterocycles. The fraction of sp³-hybridized carbons (Fsp3) is 0.417. The van der Waals surface area contributed by atoms with Crippen molar-refractivity contribution in [2.45, 2.75) is 18.9 Å². The number of carbonyl (C=O) groups excluding carboxylic acids is 1. The molecule has 0 aromatic heterocycles. The lowest BCUT2D eigenvalue weighted by Gasteiger charge is -2.25. The zero-order valence-electron chi connectivity index (χ0n) is 11.5. The van der Waals surface area contributed by atoms with Crippen LogP contribution in [0.3, 0.4) is 0 Å². The summed E-state index contributed by atoms with van der Waals surface area (Å²) in [4.78, 5) is 21.5. The molecule has 0 spiro atoms. The van der Waals surface area contributed by atoms with Crippen LogP contribution in [-0.2, 0) is 4.79 Å². The van der Waals surface area contributed by atoms with Gasteiger partial charge < -0.3 is 15.8 Å². The van der Waals surface area contributed by atoms with Crippen molar-refractivity contribution in [1.29, 1.82) is 0 Å². The van der Waals surface area contributed by atoms with Crippen molar-refractivity contribution in [3.05, 3.63) is 32.5 Å². The molecule has 0 aliphatic heterocycles. The zero-order chi connectivity index (χ0) is 16.2. The third-order valence-electron chi connectivity index (χ3n) is 3.15. The third-order valence-corrected chi connectivity index (χ3v) is 3.76. The fourth-order valence-corrected chi connectivity index (χ4v) is 1.84. The first-order valence-corrected chi connectivity index (χ1v) is 6.75. The molecule has 0 fully saturated rings. The molecule has 116 valence electrons. The van der Waals surface area contributed by atoms with Crippen molar-refractivity contribution < 1.29 is 18.8 Å². The van der Waals surface area contributed by atoms with E-state index in [0.717, 1.165) is 12.1 Å². The normalized spacial score (nSPS) is 13.5. The Balaban J connectivity index is 2.87. The van der Waals surface area contributed by atoms with Crippen LogP contribution in [-0.4, -0.2) is 30.0 Å². The Morgan fingerprint density at radius 3 is 2.71 bits per heavy atom. The lowest BCUT2D eigenvalue weighted by atomic mass is 9.98. The molecule has 0 aliphatic carbocycles. The largest absolute Gasteiger partial charge is 0.487 e. The Bertz CT molecular complexity index is 570. The molecule has 0 bridgehead atoms. The molecule has 1 aromatic carbocycles. The summed E-state index contributed by atoms with van der Waals surface area (Å²) in [7, 11) is 1.56. The van der Waals surface area contributed by atoms with Gasteiger partial charge in [-0.15, -0.1) is 0 Å². The van der Waals surface area contributed by atoms with Gasteiger partial charge in [-0.25, -0.2) is 4.39 Å². The van der Waals surface area contributed by atoms with Gasteiger partial charge >= 0.3 is 5.69 Å². The van der Waals surface area contributed by atoms with Crippen LogP contribution in [0.15, 0.2) is 16.6 Å². The van der Waals surface area contributed by atoms with Gasteiger partial charge in [0.1, 0.15) is 5.82 Å². The summed E-state index contributed by atoms with van der Waals surface area (Å²) < 4.78 is 18.6. The average Bonchev–Trinajstić information content (AvgIpc) is 2.41. The van der Waals surface area contributed by atoms with Crippen molar-refractivity contribution in [3.8, 4) is 5.75 Å². The number of ether oxygens (including phenoxy) is 1. The minimum atomic E-state index is -1.01. The third kappa shape index (κ3) is 4.11. The monoisotopic (exact) mass is 363 g/mol. The molecule has 0 aliphatic rings. The summed E-state index contributed by atoms with van der Waals surface area (Å²) in [6.45, 7) is 1.54. The van der Waals surface area contributed by atoms with Gasteiger partial charge in [0, 0.05) is 18.6 Å². The molecule has 7 nitrogen and oxygen atoms in total. The van der Waals surface area contributed by atoms with Gasteiger partial charge in [-0.1, -0.05) is 0 Å². The highest BCUT2D eigenvalue weighted by molar-refractivity contribution is 9.10. The number of halogens is 2. The van der Waals surface area contributed by atoms with Gasteiger partial charge in [0.2, 0.25) is 5.91 Å². The molecule has 0 heterocycles. The van der Waals surface area contributed by atoms with E-state index in [1.807, 2.05) is 0 Å². The molecule has 1 aromatic rings. The molecule has 1 amide bonds. The Morgan fingerprint density at radius 1 is 1.62 bits per heavy atom. The van der Waals surface area contributed by atoms with Gasteiger partial charge in [-0.05, 0) is 29.9 Å². The van der Waals surface area contributed by atoms with Gasteiger partial charge in [0.25, 0.3) is 0 Å². The van der Waals surface area contributed by atoms with Crippen molar-refractivity contribution >= 4 is 27.5 Å². The number of nitrogens with one attached hydrogen (secondary N) is 1. The number of nitro groups is 1. The van der Waals surface area contributed by atoms with Crippen molar-refractivity contribution in [1.82, 2.24) is 5.32 Å². The van der Waals surface area contributed by atoms with Gasteiger partial charge in [-0.2, -0.15) is 0 Å². The second kappa shape index (κ2) is 6.81. The maximum Gasteiger partial charge on any atom is 0.312 e. The quantitative estimate of drug-likeness (QED) is 0.566. The predicted molar refractivity (Wildman–Crippen MR) is 77.5 cm³/mol. The number of hydrogen-bond donors (Lipinski definition) is 2. The van der Waals surface area contributed by atoms with E-state index in [4.69, 9.17) is 10.5 Å². The summed E-state index contributed by atoms with van der Waals surface area (Å²) in [6.07, 6.45) is 0.174. The SMILES string of the molecule is CNC(C)(CCOc1cc(F)c(Br)cc1[N+](=O)[O-])C(N)=O. The topological polar surface area (TPSA) is 107 Å². The molecule has 1 unspecified atom stereocenters. The summed E-state index contributed by atoms with van der Waals surface area (Å²) in [6, 6.07) is 1.94. The van der Waals surface area contributed by atoms with Crippen molar-refractivity contribution in [3.63, 3.8) is 0 Å². The molecule has 0 radical (unpaired) electrons. The van der Waals surface area contributed by atoms with E-state index >= 15 is 0 Å². The highest BCUT2D eigenvalue weighted by atomic mass is 79.9. The lowest BCUT2D eigenvalue weighted by molar-refractivity contribution is -0.386. The molecular formula is C12H15BrFN3O4. The highest BCUT2D eigenvalue weighted by Gasteiger charge is 2.29. The van der Waals surface area contributed by atoms with Crippen molar-refractivity contribution in [2.75, 3.05) is 13.7 Å². The van der Waals surface area contributed by atoms with Crippen molar-refractivity contribution in [2.24, 2.45) is 5.73 Å². The van der Waals surface area contributed by atoms with Crippen LogP contribution in [0.25, 0.3) is 0 Å². The number of likely N-dealkylation sites (N-methyl/N-ethyl adjacent to an activating group) is 1. The van der Waals surface area contributed by atoms with Gasteiger partial charge in [-0.3, -0.25) is 14.9 Å². The van der Waals surface area contributed by atoms with E-state index < -0.39 is 22.2 Å². The summed E-state index contributed by atoms with van der Waals surface area (Å²) in [5, 5.41) is 13.7. The van der Waals surface area contributed by atoms with Crippen LogP contribution in [0.2, 0.25) is 0 Å². The van der Waals surface area contributed by atoms with Crippen LogP contribution in [0.1, 0.15) is 13.3 Å². The van der Waals surface area contributed by atoms with Crippen LogP contribution in [0.5, 0.6) is 5.75 Å². The molecule has 1 rings (SSSR count). The molecule has 3 N–H and O–H groups in total. The van der Waals surface area contributed by atoms with E-state index in [9.17, 15) is 19.3 Å². The number of carbonyl (C=O) groups is 1. The number of nitrogens with zero attached hydrogens (tertiary/aromatic N) is 1. The summed E-state index contributed by atoms with van der Waals surface area (Å²) in [5.74, 6) is -1.46. The fourth-order valence-electron chi connectivity index (χ4n) is 1.51. The van der Waals surface area contributed by atoms with E-state index in [-0.39, 0.29) is 28.9 Å². The second-order valence-corrected chi connectivity index (χ2v) is 5.39. The molecule has 9 heteroatoms. The number of benzene rings is 1. The minimum absolute atomic E-state index is 0.0289. The Hall–Kier alpha value is -1.74. The molecular weight excluding hydrogens is 349 g/mol. The Kier molecular flexibility index (Phi) is 5.62. The van der Waals surface area contributed by atoms with Gasteiger partial charge in [0.15, 0.2) is 5.75 Å². The number of hydrogen-bond acceptors (Lipinski definition) is 5. The average molecular weight is 364 g/mol. The molecule has 1 atom stereocenters. The first-order valence-electron chi connectivity index (χ1n) is 5.96. The van der Waals surface area contributed by atoms with Crippen LogP contribution >= 0.6 is 15.9 Å². The number of nitrogens with two attached hydrogens (primary N) is 1. The van der Waals surface area contributed by atoms with E-state index in [0.29, 0.717) is 0 Å². The summed E-state index contributed by atoms with van der Waals surface area (Å²) >= 11 is 2.87. The standard InChI is InChI=1S/C12H15BrFN3O4/c1-12(16-2,11(15)18)3-4-21-10-6-8(14)7(13)5-9(10)17(19)20/h5-6,16H,3-4H2,1-2H3,(H2,15,18). The number of nitro benzene ring substituents is 1. The Morgan fingerprint density at radius 2 is 2.24 bits per heavy atom. The zero-order valence-corrected chi connectivity index (χ0v) is 13.1. The van der Waals surface area contributed by atoms with E-state index in [2.05, 4.69) is 21.2 Å². The van der Waals surface area contributed by atoms with E-state index in [1.165, 1.54) is 0 Å². The first-order chi connectivity index (χ1) is 9.71. The maximum absolute atomic E-state index is 13.4. The maximum atomic E-state index is 13.4. The number of primary amides is 1.